The summed E-state index contributed by atoms with van der Waals surface area (Å²) in [7, 11) is 0. The predicted octanol–water partition coefficient (Wildman–Crippen LogP) is 2.53. The van der Waals surface area contributed by atoms with Crippen LogP contribution in [0, 0.1) is 23.2 Å². The number of nitrogens with one attached hydrogen (secondary N) is 1. The molecule has 1 heterocycles. The van der Waals surface area contributed by atoms with Crippen LogP contribution in [0.3, 0.4) is 0 Å². The number of hydrogen-bond donors (Lipinski definition) is 2. The van der Waals surface area contributed by atoms with Crippen molar-refractivity contribution in [3.8, 4) is 0 Å². The van der Waals surface area contributed by atoms with Gasteiger partial charge in [-0.15, -0.1) is 0 Å². The Bertz CT molecular complexity index is 545. The van der Waals surface area contributed by atoms with Crippen LogP contribution in [0.4, 0.5) is 0 Å². The maximum Gasteiger partial charge on any atom is 0.303 e. The highest BCUT2D eigenvalue weighted by Crippen LogP contribution is 2.57. The molecule has 2 aliphatic carbocycles. The maximum absolute atomic E-state index is 12.6. The summed E-state index contributed by atoms with van der Waals surface area (Å²) in [5, 5.41) is 12.2. The highest BCUT2D eigenvalue weighted by atomic mass is 16.4. The first kappa shape index (κ1) is 16.5. The van der Waals surface area contributed by atoms with Gasteiger partial charge in [0.25, 0.3) is 0 Å². The molecule has 5 unspecified atom stereocenters. The van der Waals surface area contributed by atoms with Gasteiger partial charge in [0, 0.05) is 30.2 Å². The van der Waals surface area contributed by atoms with Crippen LogP contribution >= 0.6 is 0 Å². The number of hydrogen-bond acceptors (Lipinski definition) is 3. The van der Waals surface area contributed by atoms with E-state index in [0.717, 1.165) is 25.7 Å². The van der Waals surface area contributed by atoms with Crippen LogP contribution in [0.2, 0.25) is 0 Å². The molecule has 3 fully saturated rings. The van der Waals surface area contributed by atoms with Crippen LogP contribution in [0.15, 0.2) is 0 Å². The van der Waals surface area contributed by atoms with E-state index in [4.69, 9.17) is 5.11 Å². The molecule has 128 valence electrons. The van der Waals surface area contributed by atoms with Crippen LogP contribution in [0.25, 0.3) is 0 Å². The van der Waals surface area contributed by atoms with Crippen molar-refractivity contribution in [2.24, 2.45) is 23.2 Å². The molecule has 0 aromatic rings. The van der Waals surface area contributed by atoms with Crippen LogP contribution in [0.1, 0.15) is 65.2 Å². The lowest BCUT2D eigenvalue weighted by molar-refractivity contribution is -0.150. The monoisotopic (exact) mass is 321 g/mol. The lowest BCUT2D eigenvalue weighted by atomic mass is 9.49. The Labute approximate surface area is 137 Å². The third-order valence-electron chi connectivity index (χ3n) is 6.95. The third kappa shape index (κ3) is 2.68. The van der Waals surface area contributed by atoms with Gasteiger partial charge in [-0.2, -0.15) is 0 Å². The minimum absolute atomic E-state index is 0.0597. The molecule has 5 atom stereocenters. The number of rotatable bonds is 3. The number of piperidine rings is 1. The van der Waals surface area contributed by atoms with Gasteiger partial charge >= 0.3 is 5.97 Å². The fraction of sp³-hybridized carbons (Fsp3) is 0.833. The molecule has 23 heavy (non-hydrogen) atoms. The second-order valence-corrected chi connectivity index (χ2v) is 8.19. The van der Waals surface area contributed by atoms with Crippen molar-refractivity contribution in [1.82, 2.24) is 5.32 Å². The van der Waals surface area contributed by atoms with Crippen molar-refractivity contribution in [2.75, 3.05) is 0 Å². The van der Waals surface area contributed by atoms with Crippen LogP contribution in [0.5, 0.6) is 0 Å². The maximum atomic E-state index is 12.6. The van der Waals surface area contributed by atoms with Gasteiger partial charge < -0.3 is 10.4 Å². The van der Waals surface area contributed by atoms with E-state index in [2.05, 4.69) is 12.2 Å². The Kier molecular flexibility index (Phi) is 4.01. The molecule has 0 aromatic heterocycles. The van der Waals surface area contributed by atoms with Crippen molar-refractivity contribution in [3.63, 3.8) is 0 Å². The third-order valence-corrected chi connectivity index (χ3v) is 6.95. The van der Waals surface area contributed by atoms with E-state index >= 15 is 0 Å². The molecule has 5 nitrogen and oxygen atoms in total. The Morgan fingerprint density at radius 1 is 1.17 bits per heavy atom. The second kappa shape index (κ2) is 5.60. The normalized spacial score (nSPS) is 43.3. The molecule has 3 rings (SSSR count). The van der Waals surface area contributed by atoms with Crippen molar-refractivity contribution in [3.05, 3.63) is 0 Å². The molecule has 1 aliphatic heterocycles. The van der Waals surface area contributed by atoms with E-state index in [1.54, 1.807) is 0 Å². The molecule has 5 heteroatoms. The summed E-state index contributed by atoms with van der Waals surface area (Å²) in [6.07, 6.45) is 5.21. The SMILES string of the molecule is CC12CCC3C(CCC(=O)C3(C)CCC(=O)O)C1CCC(=O)N2. The fourth-order valence-electron chi connectivity index (χ4n) is 5.64. The quantitative estimate of drug-likeness (QED) is 0.836. The minimum atomic E-state index is -0.827. The van der Waals surface area contributed by atoms with Gasteiger partial charge in [0.05, 0.1) is 0 Å². The number of Topliss-reactive ketones (excluding diaryl/α,β-unsaturated/α-hetero) is 1. The van der Waals surface area contributed by atoms with E-state index in [1.165, 1.54) is 0 Å². The summed E-state index contributed by atoms with van der Waals surface area (Å²) in [6.45, 7) is 4.13. The molecule has 1 saturated heterocycles. The average Bonchev–Trinajstić information content (AvgIpc) is 2.47. The zero-order chi connectivity index (χ0) is 16.8. The zero-order valence-corrected chi connectivity index (χ0v) is 14.1. The standard InChI is InChI=1S/C18H27NO4/c1-17(9-8-16(22)23)12-7-10-18(2)13(4-6-15(21)19-18)11(12)3-5-14(17)20/h11-13H,3-10H2,1-2H3,(H,19,21)(H,22,23). The number of carbonyl (C=O) groups is 3. The van der Waals surface area contributed by atoms with Gasteiger partial charge in [0.1, 0.15) is 5.78 Å². The number of amides is 1. The summed E-state index contributed by atoms with van der Waals surface area (Å²) in [4.78, 5) is 35.4. The fourth-order valence-corrected chi connectivity index (χ4v) is 5.64. The molecule has 2 N–H and O–H groups in total. The van der Waals surface area contributed by atoms with Crippen LogP contribution in [-0.4, -0.2) is 28.3 Å². The summed E-state index contributed by atoms with van der Waals surface area (Å²) >= 11 is 0. The average molecular weight is 321 g/mol. The molecule has 0 spiro atoms. The van der Waals surface area contributed by atoms with Gasteiger partial charge in [-0.25, -0.2) is 0 Å². The molecule has 0 bridgehead atoms. The molecular formula is C18H27NO4. The van der Waals surface area contributed by atoms with Crippen molar-refractivity contribution in [1.29, 1.82) is 0 Å². The largest absolute Gasteiger partial charge is 0.481 e. The highest BCUT2D eigenvalue weighted by molar-refractivity contribution is 5.86. The molecule has 3 aliphatic rings. The highest BCUT2D eigenvalue weighted by Gasteiger charge is 2.56. The summed E-state index contributed by atoms with van der Waals surface area (Å²) in [6, 6.07) is 0. The number of carboxylic acids is 1. The van der Waals surface area contributed by atoms with Crippen molar-refractivity contribution in [2.45, 2.75) is 70.8 Å². The van der Waals surface area contributed by atoms with Crippen molar-refractivity contribution < 1.29 is 19.5 Å². The zero-order valence-electron chi connectivity index (χ0n) is 14.1. The lowest BCUT2D eigenvalue weighted by Gasteiger charge is -2.58. The Hall–Kier alpha value is -1.39. The van der Waals surface area contributed by atoms with Gasteiger partial charge in [0.15, 0.2) is 0 Å². The first-order chi connectivity index (χ1) is 10.8. The van der Waals surface area contributed by atoms with E-state index in [1.807, 2.05) is 6.92 Å². The van der Waals surface area contributed by atoms with Gasteiger partial charge in [-0.3, -0.25) is 14.4 Å². The number of ketones is 1. The van der Waals surface area contributed by atoms with Gasteiger partial charge in [-0.1, -0.05) is 6.92 Å². The first-order valence-corrected chi connectivity index (χ1v) is 8.82. The number of aliphatic carboxylic acids is 1. The van der Waals surface area contributed by atoms with E-state index in [0.29, 0.717) is 31.1 Å². The lowest BCUT2D eigenvalue weighted by Crippen LogP contribution is -2.63. The summed E-state index contributed by atoms with van der Waals surface area (Å²) < 4.78 is 0. The minimum Gasteiger partial charge on any atom is -0.481 e. The Balaban J connectivity index is 1.86. The Morgan fingerprint density at radius 2 is 1.91 bits per heavy atom. The number of carbonyl (C=O) groups excluding carboxylic acids is 2. The molecular weight excluding hydrogens is 294 g/mol. The summed E-state index contributed by atoms with van der Waals surface area (Å²) in [5.74, 6) is 0.649. The van der Waals surface area contributed by atoms with Crippen LogP contribution < -0.4 is 5.32 Å². The topological polar surface area (TPSA) is 83.5 Å². The molecule has 1 amide bonds. The van der Waals surface area contributed by atoms with E-state index in [-0.39, 0.29) is 29.6 Å². The second-order valence-electron chi connectivity index (χ2n) is 8.19. The molecule has 0 radical (unpaired) electrons. The molecule has 2 saturated carbocycles. The molecule has 0 aromatic carbocycles. The smallest absolute Gasteiger partial charge is 0.303 e. The van der Waals surface area contributed by atoms with Gasteiger partial charge in [0.2, 0.25) is 5.91 Å². The van der Waals surface area contributed by atoms with Gasteiger partial charge in [-0.05, 0) is 56.8 Å². The van der Waals surface area contributed by atoms with E-state index in [9.17, 15) is 14.4 Å². The van der Waals surface area contributed by atoms with Crippen LogP contribution in [-0.2, 0) is 14.4 Å². The van der Waals surface area contributed by atoms with Crippen molar-refractivity contribution >= 4 is 17.7 Å². The number of fused-ring (bicyclic) bond motifs is 3. The Morgan fingerprint density at radius 3 is 2.61 bits per heavy atom. The van der Waals surface area contributed by atoms with E-state index < -0.39 is 11.4 Å². The summed E-state index contributed by atoms with van der Waals surface area (Å²) in [5.41, 5.74) is -0.658. The number of carboxylic acid groups (broad SMARTS) is 1. The predicted molar refractivity (Wildman–Crippen MR) is 84.7 cm³/mol. The first-order valence-electron chi connectivity index (χ1n) is 8.82.